The minimum absolute atomic E-state index is 0.516. The Balaban J connectivity index is 1.93. The van der Waals surface area contributed by atoms with Crippen molar-refractivity contribution in [2.75, 3.05) is 11.9 Å². The summed E-state index contributed by atoms with van der Waals surface area (Å²) >= 11 is 1.78. The van der Waals surface area contributed by atoms with Crippen LogP contribution in [0.5, 0.6) is 0 Å². The average molecular weight is 281 g/mol. The van der Waals surface area contributed by atoms with Crippen molar-refractivity contribution in [3.8, 4) is 0 Å². The molecule has 0 spiro atoms. The van der Waals surface area contributed by atoms with E-state index in [0.717, 1.165) is 12.5 Å². The second kappa shape index (κ2) is 6.71. The van der Waals surface area contributed by atoms with E-state index >= 15 is 0 Å². The molecule has 0 amide bonds. The molecule has 1 N–H and O–H groups in total. The summed E-state index contributed by atoms with van der Waals surface area (Å²) in [6.45, 7) is 7.59. The molecular formula is C15H27N3S. The lowest BCUT2D eigenvalue weighted by molar-refractivity contribution is 0.336. The van der Waals surface area contributed by atoms with E-state index in [0.29, 0.717) is 12.1 Å². The molecule has 0 aliphatic heterocycles. The molecule has 0 saturated heterocycles. The van der Waals surface area contributed by atoms with Crippen LogP contribution in [0.25, 0.3) is 0 Å². The molecule has 0 aromatic carbocycles. The van der Waals surface area contributed by atoms with E-state index in [-0.39, 0.29) is 0 Å². The molecule has 2 unspecified atom stereocenters. The molecule has 1 aromatic heterocycles. The van der Waals surface area contributed by atoms with Crippen LogP contribution < -0.4 is 10.2 Å². The van der Waals surface area contributed by atoms with Crippen molar-refractivity contribution in [1.82, 2.24) is 10.3 Å². The Labute approximate surface area is 121 Å². The van der Waals surface area contributed by atoms with Gasteiger partial charge >= 0.3 is 0 Å². The lowest BCUT2D eigenvalue weighted by atomic mass is 9.86. The first-order valence-corrected chi connectivity index (χ1v) is 8.35. The van der Waals surface area contributed by atoms with Gasteiger partial charge in [-0.25, -0.2) is 4.98 Å². The fourth-order valence-corrected chi connectivity index (χ4v) is 3.62. The highest BCUT2D eigenvalue weighted by atomic mass is 32.1. The van der Waals surface area contributed by atoms with E-state index < -0.39 is 0 Å². The van der Waals surface area contributed by atoms with Gasteiger partial charge < -0.3 is 10.2 Å². The highest BCUT2D eigenvalue weighted by molar-refractivity contribution is 7.13. The Morgan fingerprint density at radius 1 is 1.47 bits per heavy atom. The molecule has 1 aliphatic rings. The van der Waals surface area contributed by atoms with Crippen molar-refractivity contribution in [3.05, 3.63) is 11.1 Å². The molecule has 108 valence electrons. The number of hydrogen-bond acceptors (Lipinski definition) is 4. The monoisotopic (exact) mass is 281 g/mol. The Bertz CT molecular complexity index is 388. The SMILES string of the molecule is CC1CCCC(N(C)c2nc(CNC(C)C)cs2)C1. The zero-order valence-corrected chi connectivity index (χ0v) is 13.5. The van der Waals surface area contributed by atoms with Gasteiger partial charge in [0.1, 0.15) is 0 Å². The minimum Gasteiger partial charge on any atom is -0.348 e. The van der Waals surface area contributed by atoms with E-state index in [2.05, 4.69) is 43.4 Å². The summed E-state index contributed by atoms with van der Waals surface area (Å²) in [6, 6.07) is 1.20. The fourth-order valence-electron chi connectivity index (χ4n) is 2.76. The molecule has 1 aliphatic carbocycles. The summed E-state index contributed by atoms with van der Waals surface area (Å²) in [5.41, 5.74) is 1.17. The molecule has 1 fully saturated rings. The Morgan fingerprint density at radius 2 is 2.26 bits per heavy atom. The maximum absolute atomic E-state index is 4.76. The van der Waals surface area contributed by atoms with Crippen molar-refractivity contribution < 1.29 is 0 Å². The standard InChI is InChI=1S/C15H27N3S/c1-11(2)16-9-13-10-19-15(17-13)18(4)14-7-5-6-12(3)8-14/h10-12,14,16H,5-9H2,1-4H3. The zero-order valence-electron chi connectivity index (χ0n) is 12.6. The summed E-state index contributed by atoms with van der Waals surface area (Å²) < 4.78 is 0. The van der Waals surface area contributed by atoms with Crippen LogP contribution in [0.15, 0.2) is 5.38 Å². The Kier molecular flexibility index (Phi) is 5.22. The number of thiazole rings is 1. The molecule has 0 bridgehead atoms. The van der Waals surface area contributed by atoms with Crippen LogP contribution in [-0.4, -0.2) is 24.1 Å². The third-order valence-electron chi connectivity index (χ3n) is 3.99. The molecule has 1 aromatic rings. The maximum atomic E-state index is 4.76. The van der Waals surface area contributed by atoms with Crippen LogP contribution >= 0.6 is 11.3 Å². The van der Waals surface area contributed by atoms with Crippen LogP contribution in [0.3, 0.4) is 0 Å². The summed E-state index contributed by atoms with van der Waals surface area (Å²) in [5.74, 6) is 0.864. The highest BCUT2D eigenvalue weighted by Gasteiger charge is 2.24. The number of nitrogens with zero attached hydrogens (tertiary/aromatic N) is 2. The molecule has 0 radical (unpaired) electrons. The van der Waals surface area contributed by atoms with E-state index in [1.54, 1.807) is 11.3 Å². The Morgan fingerprint density at radius 3 is 2.95 bits per heavy atom. The van der Waals surface area contributed by atoms with Gasteiger partial charge in [0.25, 0.3) is 0 Å². The molecule has 2 rings (SSSR count). The van der Waals surface area contributed by atoms with E-state index in [4.69, 9.17) is 4.98 Å². The van der Waals surface area contributed by atoms with Crippen molar-refractivity contribution in [3.63, 3.8) is 0 Å². The van der Waals surface area contributed by atoms with Gasteiger partial charge in [-0.2, -0.15) is 0 Å². The van der Waals surface area contributed by atoms with E-state index in [9.17, 15) is 0 Å². The molecule has 1 heterocycles. The van der Waals surface area contributed by atoms with Gasteiger partial charge in [0.05, 0.1) is 5.69 Å². The predicted octanol–water partition coefficient (Wildman–Crippen LogP) is 3.66. The van der Waals surface area contributed by atoms with Crippen molar-refractivity contribution in [2.24, 2.45) is 5.92 Å². The maximum Gasteiger partial charge on any atom is 0.185 e. The first-order chi connectivity index (χ1) is 9.06. The summed E-state index contributed by atoms with van der Waals surface area (Å²) in [7, 11) is 2.21. The van der Waals surface area contributed by atoms with E-state index in [1.807, 2.05) is 0 Å². The predicted molar refractivity (Wildman–Crippen MR) is 83.9 cm³/mol. The van der Waals surface area contributed by atoms with Crippen molar-refractivity contribution >= 4 is 16.5 Å². The smallest absolute Gasteiger partial charge is 0.185 e. The topological polar surface area (TPSA) is 28.2 Å². The normalized spacial score (nSPS) is 23.8. The summed E-state index contributed by atoms with van der Waals surface area (Å²) in [6.07, 6.45) is 5.39. The first-order valence-electron chi connectivity index (χ1n) is 7.47. The molecule has 3 nitrogen and oxygen atoms in total. The quantitative estimate of drug-likeness (QED) is 0.893. The van der Waals surface area contributed by atoms with Crippen LogP contribution in [0.2, 0.25) is 0 Å². The van der Waals surface area contributed by atoms with Crippen LogP contribution in [0.1, 0.15) is 52.1 Å². The van der Waals surface area contributed by atoms with Gasteiger partial charge in [-0.05, 0) is 18.8 Å². The zero-order chi connectivity index (χ0) is 13.8. The Hall–Kier alpha value is -0.610. The molecule has 2 atom stereocenters. The summed E-state index contributed by atoms with van der Waals surface area (Å²) in [4.78, 5) is 7.17. The van der Waals surface area contributed by atoms with Gasteiger partial charge in [0, 0.05) is 31.1 Å². The van der Waals surface area contributed by atoms with Crippen LogP contribution in [0.4, 0.5) is 5.13 Å². The van der Waals surface area contributed by atoms with Gasteiger partial charge in [0.2, 0.25) is 0 Å². The highest BCUT2D eigenvalue weighted by Crippen LogP contribution is 2.30. The second-order valence-corrected chi connectivity index (χ2v) is 7.03. The van der Waals surface area contributed by atoms with Crippen LogP contribution in [-0.2, 0) is 6.54 Å². The second-order valence-electron chi connectivity index (χ2n) is 6.19. The lowest BCUT2D eigenvalue weighted by Crippen LogP contribution is -2.35. The van der Waals surface area contributed by atoms with E-state index in [1.165, 1.54) is 36.5 Å². The number of anilines is 1. The molecule has 1 saturated carbocycles. The van der Waals surface area contributed by atoms with Gasteiger partial charge in [-0.3, -0.25) is 0 Å². The largest absolute Gasteiger partial charge is 0.348 e. The lowest BCUT2D eigenvalue weighted by Gasteiger charge is -2.33. The third-order valence-corrected chi connectivity index (χ3v) is 4.97. The summed E-state index contributed by atoms with van der Waals surface area (Å²) in [5, 5.41) is 6.79. The average Bonchev–Trinajstić information content (AvgIpc) is 2.84. The third kappa shape index (κ3) is 4.18. The first kappa shape index (κ1) is 14.8. The molecular weight excluding hydrogens is 254 g/mol. The number of hydrogen-bond donors (Lipinski definition) is 1. The number of rotatable bonds is 5. The fraction of sp³-hybridized carbons (Fsp3) is 0.800. The van der Waals surface area contributed by atoms with Crippen molar-refractivity contribution in [1.29, 1.82) is 0 Å². The van der Waals surface area contributed by atoms with Gasteiger partial charge in [-0.1, -0.05) is 33.6 Å². The number of nitrogens with one attached hydrogen (secondary N) is 1. The molecule has 4 heteroatoms. The number of aromatic nitrogens is 1. The van der Waals surface area contributed by atoms with Gasteiger partial charge in [-0.15, -0.1) is 11.3 Å². The van der Waals surface area contributed by atoms with Gasteiger partial charge in [0.15, 0.2) is 5.13 Å². The minimum atomic E-state index is 0.516. The molecule has 19 heavy (non-hydrogen) atoms. The van der Waals surface area contributed by atoms with Crippen LogP contribution in [0, 0.1) is 5.92 Å². The van der Waals surface area contributed by atoms with Crippen molar-refractivity contribution in [2.45, 2.75) is 65.1 Å².